The zero-order chi connectivity index (χ0) is 44.8. The maximum absolute atomic E-state index is 14.4. The van der Waals surface area contributed by atoms with Gasteiger partial charge in [0.05, 0.1) is 5.75 Å². The number of oxime groups is 1. The second-order valence-electron chi connectivity index (χ2n) is 15.1. The minimum absolute atomic E-state index is 0.0451. The fourth-order valence-electron chi connectivity index (χ4n) is 8.00. The first-order valence-corrected chi connectivity index (χ1v) is 22.6. The van der Waals surface area contributed by atoms with Gasteiger partial charge in [0.15, 0.2) is 22.6 Å². The average Bonchev–Trinajstić information content (AvgIpc) is 4.01. The second-order valence-corrected chi connectivity index (χ2v) is 17.0. The largest absolute Gasteiger partial charge is 0.490 e. The first-order valence-electron chi connectivity index (χ1n) is 20.6. The Bertz CT molecular complexity index is 2650. The Labute approximate surface area is 382 Å². The molecule has 15 heteroatoms. The molecule has 6 aromatic rings. The quantitative estimate of drug-likeness (QED) is 0.0329. The number of hydrogen-bond acceptors (Lipinski definition) is 13. The minimum Gasteiger partial charge on any atom is -0.490 e. The molecule has 0 aliphatic carbocycles. The zero-order valence-corrected chi connectivity index (χ0v) is 36.5. The summed E-state index contributed by atoms with van der Waals surface area (Å²) in [5, 5.41) is 12.1. The molecular weight excluding hydrogens is 863 g/mol. The lowest BCUT2D eigenvalue weighted by atomic mass is 9.77. The van der Waals surface area contributed by atoms with Crippen molar-refractivity contribution in [3.05, 3.63) is 214 Å². The Morgan fingerprint density at radius 3 is 1.91 bits per heavy atom. The summed E-state index contributed by atoms with van der Waals surface area (Å²) in [6.45, 7) is 0.00885. The molecule has 3 aliphatic rings. The van der Waals surface area contributed by atoms with Gasteiger partial charge in [-0.25, -0.2) is 14.6 Å². The van der Waals surface area contributed by atoms with Crippen LogP contribution in [0.25, 0.3) is 0 Å². The van der Waals surface area contributed by atoms with Crippen molar-refractivity contribution in [2.75, 3.05) is 31.4 Å². The number of cyclic esters (lactones) is 1. The van der Waals surface area contributed by atoms with Gasteiger partial charge in [-0.3, -0.25) is 14.5 Å². The third-order valence-corrected chi connectivity index (χ3v) is 13.1. The average molecular weight is 904 g/mol. The van der Waals surface area contributed by atoms with Gasteiger partial charge in [-0.05, 0) is 27.8 Å². The second kappa shape index (κ2) is 19.1. The van der Waals surface area contributed by atoms with Crippen LogP contribution in [0.4, 0.5) is 5.13 Å². The number of nitrogens with one attached hydrogen (secondary N) is 2. The van der Waals surface area contributed by atoms with Crippen molar-refractivity contribution < 1.29 is 38.2 Å². The zero-order valence-electron chi connectivity index (χ0n) is 34.9. The molecule has 2 N–H and O–H groups in total. The van der Waals surface area contributed by atoms with E-state index < -0.39 is 46.8 Å². The lowest BCUT2D eigenvalue weighted by molar-refractivity contribution is -0.155. The number of amides is 2. The maximum atomic E-state index is 14.4. The van der Waals surface area contributed by atoms with Crippen molar-refractivity contribution in [2.24, 2.45) is 5.16 Å². The molecule has 0 radical (unpaired) electrons. The molecule has 0 spiro atoms. The van der Waals surface area contributed by atoms with Crippen molar-refractivity contribution in [3.63, 3.8) is 0 Å². The summed E-state index contributed by atoms with van der Waals surface area (Å²) in [6.07, 6.45) is 0.524. The molecule has 1 aromatic heterocycles. The topological polar surface area (TPSA) is 158 Å². The van der Waals surface area contributed by atoms with Gasteiger partial charge < -0.3 is 29.7 Å². The Balaban J connectivity index is 0.979. The number of aromatic nitrogens is 1. The number of β-lactam (4-membered cyclic amide) rings is 1. The van der Waals surface area contributed by atoms with Crippen LogP contribution in [0, 0.1) is 0 Å². The summed E-state index contributed by atoms with van der Waals surface area (Å²) in [5.41, 5.74) is 4.03. The monoisotopic (exact) mass is 903 g/mol. The number of thiazole rings is 1. The van der Waals surface area contributed by atoms with E-state index in [1.54, 1.807) is 5.38 Å². The molecule has 0 unspecified atom stereocenters. The SMILES string of the molecule is CON=C(C(=O)N[C@@H]1C(=O)N2C(C(=O)OC(c3ccccc3)c3ccccc3)=C(OCC3=CC(=O)OC3)CS[C@@H]12)c1csc(NC(c2ccccc2)(c2ccccc2)c2ccccc2)n1. The number of hydrogen-bond donors (Lipinski definition) is 2. The van der Waals surface area contributed by atoms with Crippen LogP contribution in [0.2, 0.25) is 0 Å². The minimum atomic E-state index is -1.06. The van der Waals surface area contributed by atoms with Crippen molar-refractivity contribution >= 4 is 57.7 Å². The number of thioether (sulfide) groups is 1. The Morgan fingerprint density at radius 2 is 1.38 bits per heavy atom. The maximum Gasteiger partial charge on any atom is 0.359 e. The van der Waals surface area contributed by atoms with Crippen LogP contribution in [0.1, 0.15) is 39.6 Å². The van der Waals surface area contributed by atoms with Crippen LogP contribution in [0.5, 0.6) is 0 Å². The van der Waals surface area contributed by atoms with Gasteiger partial charge in [-0.2, -0.15) is 0 Å². The molecule has 0 bridgehead atoms. The Kier molecular flexibility index (Phi) is 12.6. The fraction of sp³-hybridized carbons (Fsp3) is 0.160. The molecule has 65 heavy (non-hydrogen) atoms. The summed E-state index contributed by atoms with van der Waals surface area (Å²) in [4.78, 5) is 66.0. The number of rotatable bonds is 16. The van der Waals surface area contributed by atoms with Crippen molar-refractivity contribution in [1.82, 2.24) is 15.2 Å². The molecule has 2 atom stereocenters. The molecule has 5 aromatic carbocycles. The highest BCUT2D eigenvalue weighted by atomic mass is 32.2. The van der Waals surface area contributed by atoms with Crippen molar-refractivity contribution in [2.45, 2.75) is 23.1 Å². The molecule has 1 saturated heterocycles. The molecule has 3 aliphatic heterocycles. The molecule has 1 fully saturated rings. The van der Waals surface area contributed by atoms with Gasteiger partial charge in [0.1, 0.15) is 48.7 Å². The summed E-state index contributed by atoms with van der Waals surface area (Å²) in [6, 6.07) is 47.6. The lowest BCUT2D eigenvalue weighted by Crippen LogP contribution is -2.71. The van der Waals surface area contributed by atoms with E-state index in [4.69, 9.17) is 24.0 Å². The number of ether oxygens (including phenoxy) is 3. The van der Waals surface area contributed by atoms with Crippen LogP contribution in [-0.2, 0) is 43.8 Å². The Hall–Kier alpha value is -7.49. The van der Waals surface area contributed by atoms with Crippen LogP contribution >= 0.6 is 23.1 Å². The number of nitrogens with zero attached hydrogens (tertiary/aromatic N) is 3. The third-order valence-electron chi connectivity index (χ3n) is 11.1. The molecule has 4 heterocycles. The van der Waals surface area contributed by atoms with Gasteiger partial charge in [0, 0.05) is 17.0 Å². The predicted octanol–water partition coefficient (Wildman–Crippen LogP) is 7.34. The number of fused-ring (bicyclic) bond motifs is 1. The summed E-state index contributed by atoms with van der Waals surface area (Å²) >= 11 is 2.59. The van der Waals surface area contributed by atoms with Gasteiger partial charge in [-0.1, -0.05) is 157 Å². The highest BCUT2D eigenvalue weighted by Crippen LogP contribution is 2.43. The standard InChI is InChI=1S/C50H41N5O8S2/c1-60-54-41(38-30-65-49(51-38)53-50(35-21-11-4-12-22-35,36-23-13-5-14-24-36)37-25-15-6-16-26-37)45(57)52-42-46(58)55-43(39(31-64-47(42)55)61-28-32-27-40(56)62-29-32)48(59)63-44(33-17-7-2-8-18-33)34-19-9-3-10-20-34/h2-27,30,42,44,47H,28-29,31H2,1H3,(H,51,53)(H,52,57)/t42-,47+/m1/s1. The molecule has 9 rings (SSSR count). The van der Waals surface area contributed by atoms with Crippen LogP contribution < -0.4 is 10.6 Å². The third kappa shape index (κ3) is 8.75. The highest BCUT2D eigenvalue weighted by Gasteiger charge is 2.56. The van der Waals surface area contributed by atoms with E-state index in [1.807, 2.05) is 115 Å². The van der Waals surface area contributed by atoms with E-state index in [-0.39, 0.29) is 41.8 Å². The number of anilines is 1. The fourth-order valence-corrected chi connectivity index (χ4v) is 10.0. The van der Waals surface area contributed by atoms with Crippen LogP contribution in [0.3, 0.4) is 0 Å². The summed E-state index contributed by atoms with van der Waals surface area (Å²) < 4.78 is 17.4. The normalized spacial score (nSPS) is 17.1. The predicted molar refractivity (Wildman–Crippen MR) is 246 cm³/mol. The van der Waals surface area contributed by atoms with E-state index >= 15 is 0 Å². The van der Waals surface area contributed by atoms with Gasteiger partial charge >= 0.3 is 11.9 Å². The molecule has 13 nitrogen and oxygen atoms in total. The van der Waals surface area contributed by atoms with Gasteiger partial charge in [0.2, 0.25) is 0 Å². The summed E-state index contributed by atoms with van der Waals surface area (Å²) in [5.74, 6) is -2.20. The smallest absolute Gasteiger partial charge is 0.359 e. The number of carbonyl (C=O) groups excluding carboxylic acids is 4. The van der Waals surface area contributed by atoms with E-state index in [9.17, 15) is 19.2 Å². The van der Waals surface area contributed by atoms with Gasteiger partial charge in [0.25, 0.3) is 11.8 Å². The Morgan fingerprint density at radius 1 is 0.831 bits per heavy atom. The first kappa shape index (κ1) is 42.8. The van der Waals surface area contributed by atoms with E-state index in [0.717, 1.165) is 27.8 Å². The molecule has 2 amide bonds. The van der Waals surface area contributed by atoms with Crippen LogP contribution in [0.15, 0.2) is 185 Å². The van der Waals surface area contributed by atoms with E-state index in [1.165, 1.54) is 41.2 Å². The number of esters is 2. The molecule has 326 valence electrons. The number of carbonyl (C=O) groups is 4. The lowest BCUT2D eigenvalue weighted by Gasteiger charge is -2.49. The van der Waals surface area contributed by atoms with E-state index in [0.29, 0.717) is 10.7 Å². The highest BCUT2D eigenvalue weighted by molar-refractivity contribution is 8.00. The molecular formula is C50H41N5O8S2. The first-order chi connectivity index (χ1) is 31.8. The van der Waals surface area contributed by atoms with Gasteiger partial charge in [-0.15, -0.1) is 23.1 Å². The number of benzene rings is 5. The van der Waals surface area contributed by atoms with Crippen molar-refractivity contribution in [1.29, 1.82) is 0 Å². The summed E-state index contributed by atoms with van der Waals surface area (Å²) in [7, 11) is 1.32. The molecule has 0 saturated carbocycles. The van der Waals surface area contributed by atoms with Crippen molar-refractivity contribution in [3.8, 4) is 0 Å². The van der Waals surface area contributed by atoms with Crippen LogP contribution in [-0.4, -0.2) is 76.8 Å². The van der Waals surface area contributed by atoms with E-state index in [2.05, 4.69) is 52.2 Å².